The van der Waals surface area contributed by atoms with Crippen LogP contribution in [0.2, 0.25) is 0 Å². The summed E-state index contributed by atoms with van der Waals surface area (Å²) in [4.78, 5) is 2.45. The Morgan fingerprint density at radius 3 is 2.46 bits per heavy atom. The Morgan fingerprint density at radius 2 is 1.79 bits per heavy atom. The molecular formula is C21H24N2O4S. The Labute approximate surface area is 165 Å². The van der Waals surface area contributed by atoms with Gasteiger partial charge in [-0.1, -0.05) is 35.9 Å². The molecule has 1 unspecified atom stereocenters. The van der Waals surface area contributed by atoms with Crippen molar-refractivity contribution < 1.29 is 18.3 Å². The number of fused-ring (bicyclic) bond motifs is 1. The smallest absolute Gasteiger partial charge is 0.268 e. The molecule has 1 atom stereocenters. The lowest BCUT2D eigenvalue weighted by Gasteiger charge is -2.34. The van der Waals surface area contributed by atoms with Gasteiger partial charge in [0, 0.05) is 18.7 Å². The maximum Gasteiger partial charge on any atom is 0.268 e. The van der Waals surface area contributed by atoms with Crippen LogP contribution >= 0.6 is 0 Å². The predicted molar refractivity (Wildman–Crippen MR) is 108 cm³/mol. The second kappa shape index (κ2) is 7.67. The van der Waals surface area contributed by atoms with Gasteiger partial charge in [0.2, 0.25) is 0 Å². The Kier molecular flexibility index (Phi) is 5.25. The summed E-state index contributed by atoms with van der Waals surface area (Å²) >= 11 is 0. The number of anilines is 1. The number of rotatable bonds is 4. The van der Waals surface area contributed by atoms with E-state index >= 15 is 0 Å². The van der Waals surface area contributed by atoms with Crippen molar-refractivity contribution in [2.24, 2.45) is 0 Å². The van der Waals surface area contributed by atoms with Gasteiger partial charge >= 0.3 is 0 Å². The summed E-state index contributed by atoms with van der Waals surface area (Å²) in [6, 6.07) is 14.2. The number of benzene rings is 2. The van der Waals surface area contributed by atoms with Gasteiger partial charge in [0.05, 0.1) is 42.1 Å². The van der Waals surface area contributed by atoms with Crippen molar-refractivity contribution in [3.8, 4) is 0 Å². The fraction of sp³-hybridized carbons (Fsp3) is 0.333. The first-order valence-electron chi connectivity index (χ1n) is 9.37. The van der Waals surface area contributed by atoms with E-state index in [9.17, 15) is 13.5 Å². The molecule has 6 nitrogen and oxygen atoms in total. The maximum atomic E-state index is 13.6. The monoisotopic (exact) mass is 400 g/mol. The summed E-state index contributed by atoms with van der Waals surface area (Å²) in [6.45, 7) is 4.32. The van der Waals surface area contributed by atoms with Gasteiger partial charge in [-0.15, -0.1) is 0 Å². The van der Waals surface area contributed by atoms with Crippen molar-refractivity contribution in [2.75, 3.05) is 37.2 Å². The molecule has 0 amide bonds. The predicted octanol–water partition coefficient (Wildman–Crippen LogP) is 2.45. The van der Waals surface area contributed by atoms with Crippen LogP contribution in [0.1, 0.15) is 17.2 Å². The SMILES string of the molecule is Cc1ccc(S(=O)(=O)N2/C(=C/CO)C(N3CCOCC3)c3ccccc32)cc1. The average Bonchev–Trinajstić information content (AvgIpc) is 3.04. The molecule has 148 valence electrons. The third-order valence-electron chi connectivity index (χ3n) is 5.24. The highest BCUT2D eigenvalue weighted by Crippen LogP contribution is 2.48. The van der Waals surface area contributed by atoms with E-state index < -0.39 is 10.0 Å². The van der Waals surface area contributed by atoms with Crippen LogP contribution < -0.4 is 4.31 Å². The lowest BCUT2D eigenvalue weighted by molar-refractivity contribution is 0.0241. The number of ether oxygens (including phenoxy) is 1. The molecule has 0 bridgehead atoms. The first kappa shape index (κ1) is 19.1. The van der Waals surface area contributed by atoms with Crippen molar-refractivity contribution in [3.05, 3.63) is 71.4 Å². The Hall–Kier alpha value is -2.19. The molecule has 1 saturated heterocycles. The number of aliphatic hydroxyl groups excluding tert-OH is 1. The van der Waals surface area contributed by atoms with Crippen molar-refractivity contribution in [1.82, 2.24) is 4.90 Å². The van der Waals surface area contributed by atoms with Crippen LogP contribution in [-0.4, -0.2) is 51.3 Å². The summed E-state index contributed by atoms with van der Waals surface area (Å²) in [7, 11) is -3.82. The molecule has 28 heavy (non-hydrogen) atoms. The third-order valence-corrected chi connectivity index (χ3v) is 6.99. The number of aryl methyl sites for hydroxylation is 1. The van der Waals surface area contributed by atoms with Gasteiger partial charge in [0.15, 0.2) is 0 Å². The van der Waals surface area contributed by atoms with Gasteiger partial charge in [-0.05, 0) is 31.2 Å². The highest BCUT2D eigenvalue weighted by molar-refractivity contribution is 7.93. The molecule has 0 aromatic heterocycles. The van der Waals surface area contributed by atoms with Crippen LogP contribution in [0, 0.1) is 6.92 Å². The molecule has 1 N–H and O–H groups in total. The molecule has 7 heteroatoms. The molecule has 0 aliphatic carbocycles. The minimum Gasteiger partial charge on any atom is -0.392 e. The van der Waals surface area contributed by atoms with Gasteiger partial charge in [0.1, 0.15) is 0 Å². The first-order chi connectivity index (χ1) is 13.5. The average molecular weight is 401 g/mol. The van der Waals surface area contributed by atoms with Crippen LogP contribution in [0.5, 0.6) is 0 Å². The number of sulfonamides is 1. The first-order valence-corrected chi connectivity index (χ1v) is 10.8. The number of aliphatic hydroxyl groups is 1. The highest BCUT2D eigenvalue weighted by atomic mass is 32.2. The largest absolute Gasteiger partial charge is 0.392 e. The molecule has 0 spiro atoms. The molecule has 1 fully saturated rings. The molecule has 2 heterocycles. The Bertz CT molecular complexity index is 980. The van der Waals surface area contributed by atoms with Crippen LogP contribution in [0.3, 0.4) is 0 Å². The minimum absolute atomic E-state index is 0.229. The quantitative estimate of drug-likeness (QED) is 0.854. The molecular weight excluding hydrogens is 376 g/mol. The highest BCUT2D eigenvalue weighted by Gasteiger charge is 2.43. The summed E-state index contributed by atoms with van der Waals surface area (Å²) < 4.78 is 34.0. The normalized spacial score (nSPS) is 21.9. The fourth-order valence-corrected chi connectivity index (χ4v) is 5.47. The van der Waals surface area contributed by atoms with E-state index in [2.05, 4.69) is 4.90 Å². The number of morpholine rings is 1. The molecule has 2 aromatic carbocycles. The Morgan fingerprint density at radius 1 is 1.11 bits per heavy atom. The standard InChI is InChI=1S/C21H24N2O4S/c1-16-6-8-17(9-7-16)28(25,26)23-19-5-3-2-4-18(19)21(20(23)10-13-24)22-11-14-27-15-12-22/h2-10,21,24H,11-15H2,1H3/b20-10+. The molecule has 2 aromatic rings. The molecule has 2 aliphatic rings. The summed E-state index contributed by atoms with van der Waals surface area (Å²) in [5.41, 5.74) is 3.14. The molecule has 0 saturated carbocycles. The van der Waals surface area contributed by atoms with Crippen LogP contribution in [0.15, 0.2) is 65.2 Å². The zero-order valence-electron chi connectivity index (χ0n) is 15.8. The van der Waals surface area contributed by atoms with Gasteiger partial charge < -0.3 is 9.84 Å². The summed E-state index contributed by atoms with van der Waals surface area (Å²) in [6.07, 6.45) is 1.60. The van der Waals surface area contributed by atoms with Crippen molar-refractivity contribution in [1.29, 1.82) is 0 Å². The van der Waals surface area contributed by atoms with Crippen molar-refractivity contribution in [3.63, 3.8) is 0 Å². The number of para-hydroxylation sites is 1. The minimum atomic E-state index is -3.82. The van der Waals surface area contributed by atoms with Crippen LogP contribution in [0.4, 0.5) is 5.69 Å². The van der Waals surface area contributed by atoms with Crippen LogP contribution in [-0.2, 0) is 14.8 Å². The number of nitrogens with zero attached hydrogens (tertiary/aromatic N) is 2. The van der Waals surface area contributed by atoms with E-state index in [1.54, 1.807) is 30.3 Å². The zero-order valence-corrected chi connectivity index (χ0v) is 16.6. The Balaban J connectivity index is 1.86. The van der Waals surface area contributed by atoms with E-state index in [1.807, 2.05) is 31.2 Å². The number of hydrogen-bond acceptors (Lipinski definition) is 5. The summed E-state index contributed by atoms with van der Waals surface area (Å²) in [5.74, 6) is 0. The van der Waals surface area contributed by atoms with E-state index in [4.69, 9.17) is 4.74 Å². The van der Waals surface area contributed by atoms with Gasteiger partial charge in [-0.2, -0.15) is 0 Å². The van der Waals surface area contributed by atoms with Crippen molar-refractivity contribution in [2.45, 2.75) is 17.9 Å². The van der Waals surface area contributed by atoms with E-state index in [-0.39, 0.29) is 17.5 Å². The van der Waals surface area contributed by atoms with Crippen molar-refractivity contribution >= 4 is 15.7 Å². The maximum absolute atomic E-state index is 13.6. The lowest BCUT2D eigenvalue weighted by Crippen LogP contribution is -2.40. The second-order valence-electron chi connectivity index (χ2n) is 7.00. The van der Waals surface area contributed by atoms with E-state index in [0.29, 0.717) is 37.7 Å². The van der Waals surface area contributed by atoms with E-state index in [0.717, 1.165) is 11.1 Å². The molecule has 0 radical (unpaired) electrons. The van der Waals surface area contributed by atoms with Gasteiger partial charge in [0.25, 0.3) is 10.0 Å². The summed E-state index contributed by atoms with van der Waals surface area (Å²) in [5, 5.41) is 9.67. The third kappa shape index (κ3) is 3.24. The molecule has 4 rings (SSSR count). The van der Waals surface area contributed by atoms with Crippen LogP contribution in [0.25, 0.3) is 0 Å². The van der Waals surface area contributed by atoms with Gasteiger partial charge in [-0.25, -0.2) is 12.7 Å². The topological polar surface area (TPSA) is 70.1 Å². The van der Waals surface area contributed by atoms with E-state index in [1.165, 1.54) is 4.31 Å². The zero-order chi connectivity index (χ0) is 19.7. The second-order valence-corrected chi connectivity index (χ2v) is 8.79. The fourth-order valence-electron chi connectivity index (χ4n) is 3.90. The van der Waals surface area contributed by atoms with Gasteiger partial charge in [-0.3, -0.25) is 4.90 Å². The molecule has 2 aliphatic heterocycles. The lowest BCUT2D eigenvalue weighted by atomic mass is 10.0. The number of hydrogen-bond donors (Lipinski definition) is 1.